The third-order valence-electron chi connectivity index (χ3n) is 5.74. The van der Waals surface area contributed by atoms with Gasteiger partial charge in [0.1, 0.15) is 17.3 Å². The van der Waals surface area contributed by atoms with Crippen molar-refractivity contribution in [3.05, 3.63) is 64.7 Å². The Morgan fingerprint density at radius 3 is 2.35 bits per heavy atom. The minimum Gasteiger partial charge on any atom is -0.507 e. The van der Waals surface area contributed by atoms with Gasteiger partial charge in [-0.2, -0.15) is 0 Å². The molecule has 1 aliphatic rings. The number of aliphatic hydroxyl groups excluding tert-OH is 1. The van der Waals surface area contributed by atoms with Gasteiger partial charge in [0.2, 0.25) is 0 Å². The first-order valence-corrected chi connectivity index (χ1v) is 11.7. The normalized spacial score (nSPS) is 17.5. The molecule has 7 nitrogen and oxygen atoms in total. The number of amides is 1. The number of aliphatic hydroxyl groups is 1. The van der Waals surface area contributed by atoms with Crippen LogP contribution in [0.25, 0.3) is 5.76 Å². The number of Topliss-reactive ketones (excluding diaryl/α,β-unsaturated/α-hetero) is 1. The number of nitrogens with zero attached hydrogens (tertiary/aromatic N) is 2. The number of likely N-dealkylation sites (N-methyl/N-ethyl adjacent to an activating group) is 1. The Kier molecular flexibility index (Phi) is 8.34. The summed E-state index contributed by atoms with van der Waals surface area (Å²) in [6, 6.07) is 11.9. The molecule has 1 atom stereocenters. The number of likely N-dealkylation sites (tertiary alicyclic amines) is 1. The van der Waals surface area contributed by atoms with Gasteiger partial charge in [-0.25, -0.2) is 0 Å². The van der Waals surface area contributed by atoms with Gasteiger partial charge >= 0.3 is 0 Å². The Hall–Kier alpha value is -3.32. The molecule has 1 fully saturated rings. The van der Waals surface area contributed by atoms with Gasteiger partial charge in [0.05, 0.1) is 24.8 Å². The van der Waals surface area contributed by atoms with Crippen LogP contribution in [-0.2, 0) is 9.59 Å². The second-order valence-electron chi connectivity index (χ2n) is 8.63. The number of aryl methyl sites for hydroxylation is 1. The van der Waals surface area contributed by atoms with E-state index < -0.39 is 17.7 Å². The maximum Gasteiger partial charge on any atom is 0.295 e. The largest absolute Gasteiger partial charge is 0.507 e. The molecule has 34 heavy (non-hydrogen) atoms. The van der Waals surface area contributed by atoms with Crippen molar-refractivity contribution in [2.75, 3.05) is 40.4 Å². The van der Waals surface area contributed by atoms with E-state index in [0.29, 0.717) is 37.6 Å². The standard InChI is InChI=1S/C27H34N2O5/c1-6-16-34-21-11-8-19(9-12-21)24-23(26(31)27(32)29(24)15-14-28(4)5)25(30)20-10-13-22(33-7-2)18(3)17-20/h8-13,17,24,30H,6-7,14-16H2,1-5H3/b25-23-. The van der Waals surface area contributed by atoms with Gasteiger partial charge in [-0.1, -0.05) is 19.1 Å². The lowest BCUT2D eigenvalue weighted by Crippen LogP contribution is -2.35. The zero-order valence-corrected chi connectivity index (χ0v) is 20.6. The maximum atomic E-state index is 13.1. The van der Waals surface area contributed by atoms with E-state index in [9.17, 15) is 14.7 Å². The lowest BCUT2D eigenvalue weighted by molar-refractivity contribution is -0.140. The molecule has 1 unspecified atom stereocenters. The Labute approximate surface area is 201 Å². The number of carbonyl (C=O) groups is 2. The number of ether oxygens (including phenoxy) is 2. The van der Waals surface area contributed by atoms with E-state index in [4.69, 9.17) is 9.47 Å². The fourth-order valence-electron chi connectivity index (χ4n) is 4.00. The lowest BCUT2D eigenvalue weighted by Gasteiger charge is -2.26. The van der Waals surface area contributed by atoms with E-state index in [2.05, 4.69) is 0 Å². The van der Waals surface area contributed by atoms with Crippen LogP contribution in [-0.4, -0.2) is 67.0 Å². The van der Waals surface area contributed by atoms with Gasteiger partial charge in [-0.15, -0.1) is 0 Å². The van der Waals surface area contributed by atoms with E-state index in [-0.39, 0.29) is 11.3 Å². The van der Waals surface area contributed by atoms with Crippen molar-refractivity contribution in [3.8, 4) is 11.5 Å². The summed E-state index contributed by atoms with van der Waals surface area (Å²) in [6.45, 7) is 7.90. The average molecular weight is 467 g/mol. The monoisotopic (exact) mass is 466 g/mol. The first-order chi connectivity index (χ1) is 16.3. The number of rotatable bonds is 10. The Morgan fingerprint density at radius 1 is 1.06 bits per heavy atom. The summed E-state index contributed by atoms with van der Waals surface area (Å²) in [5.74, 6) is -0.0442. The molecule has 3 rings (SSSR count). The van der Waals surface area contributed by atoms with Gasteiger partial charge in [0, 0.05) is 18.7 Å². The Morgan fingerprint density at radius 2 is 1.76 bits per heavy atom. The molecule has 0 aromatic heterocycles. The van der Waals surface area contributed by atoms with Crippen LogP contribution in [0.1, 0.15) is 43.0 Å². The van der Waals surface area contributed by atoms with Gasteiger partial charge < -0.3 is 24.4 Å². The average Bonchev–Trinajstić information content (AvgIpc) is 3.07. The first kappa shape index (κ1) is 25.3. The molecule has 0 bridgehead atoms. The van der Waals surface area contributed by atoms with Crippen molar-refractivity contribution in [3.63, 3.8) is 0 Å². The summed E-state index contributed by atoms with van der Waals surface area (Å²) in [4.78, 5) is 29.7. The number of hydrogen-bond donors (Lipinski definition) is 1. The van der Waals surface area contributed by atoms with Crippen LogP contribution in [0.15, 0.2) is 48.0 Å². The van der Waals surface area contributed by atoms with Gasteiger partial charge in [-0.05, 0) is 75.8 Å². The number of carbonyl (C=O) groups excluding carboxylic acids is 2. The second-order valence-corrected chi connectivity index (χ2v) is 8.63. The summed E-state index contributed by atoms with van der Waals surface area (Å²) in [7, 11) is 3.82. The molecule has 182 valence electrons. The molecule has 2 aromatic carbocycles. The first-order valence-electron chi connectivity index (χ1n) is 11.7. The van der Waals surface area contributed by atoms with Gasteiger partial charge in [0.15, 0.2) is 0 Å². The smallest absolute Gasteiger partial charge is 0.295 e. The number of ketones is 1. The topological polar surface area (TPSA) is 79.3 Å². The zero-order chi connectivity index (χ0) is 24.8. The maximum absolute atomic E-state index is 13.1. The highest BCUT2D eigenvalue weighted by atomic mass is 16.5. The third kappa shape index (κ3) is 5.42. The highest BCUT2D eigenvalue weighted by Gasteiger charge is 2.45. The highest BCUT2D eigenvalue weighted by Crippen LogP contribution is 2.40. The fourth-order valence-corrected chi connectivity index (χ4v) is 4.00. The van der Waals surface area contributed by atoms with E-state index in [1.54, 1.807) is 18.2 Å². The molecule has 0 radical (unpaired) electrons. The number of benzene rings is 2. The van der Waals surface area contributed by atoms with Crippen molar-refractivity contribution in [1.82, 2.24) is 9.80 Å². The minimum absolute atomic E-state index is 0.0922. The summed E-state index contributed by atoms with van der Waals surface area (Å²) in [5.41, 5.74) is 2.14. The Bertz CT molecular complexity index is 1060. The molecule has 1 saturated heterocycles. The highest BCUT2D eigenvalue weighted by molar-refractivity contribution is 6.46. The number of hydrogen-bond acceptors (Lipinski definition) is 6. The van der Waals surface area contributed by atoms with Crippen molar-refractivity contribution in [1.29, 1.82) is 0 Å². The molecule has 1 N–H and O–H groups in total. The minimum atomic E-state index is -0.688. The summed E-state index contributed by atoms with van der Waals surface area (Å²) in [5, 5.41) is 11.3. The quantitative estimate of drug-likeness (QED) is 0.322. The van der Waals surface area contributed by atoms with Crippen molar-refractivity contribution in [2.24, 2.45) is 0 Å². The third-order valence-corrected chi connectivity index (χ3v) is 5.74. The second kappa shape index (κ2) is 11.2. The summed E-state index contributed by atoms with van der Waals surface area (Å²) < 4.78 is 11.3. The summed E-state index contributed by atoms with van der Waals surface area (Å²) in [6.07, 6.45) is 0.897. The van der Waals surface area contributed by atoms with Gasteiger partial charge in [-0.3, -0.25) is 9.59 Å². The predicted octanol–water partition coefficient (Wildman–Crippen LogP) is 4.17. The molecule has 0 aliphatic carbocycles. The van der Waals surface area contributed by atoms with E-state index in [1.165, 1.54) is 4.90 Å². The van der Waals surface area contributed by atoms with Crippen molar-refractivity contribution in [2.45, 2.75) is 33.2 Å². The molecular formula is C27H34N2O5. The van der Waals surface area contributed by atoms with Crippen LogP contribution in [0.5, 0.6) is 11.5 Å². The van der Waals surface area contributed by atoms with Crippen LogP contribution in [0, 0.1) is 6.92 Å². The Balaban J connectivity index is 2.07. The molecule has 0 saturated carbocycles. The van der Waals surface area contributed by atoms with Crippen molar-refractivity contribution < 1.29 is 24.2 Å². The summed E-state index contributed by atoms with van der Waals surface area (Å²) >= 11 is 0. The SMILES string of the molecule is CCCOc1ccc(C2/C(=C(/O)c3ccc(OCC)c(C)c3)C(=O)C(=O)N2CCN(C)C)cc1. The molecule has 1 heterocycles. The molecule has 1 aliphatic heterocycles. The van der Waals surface area contributed by atoms with Crippen LogP contribution >= 0.6 is 0 Å². The van der Waals surface area contributed by atoms with Gasteiger partial charge in [0.25, 0.3) is 11.7 Å². The molecule has 0 spiro atoms. The van der Waals surface area contributed by atoms with Crippen LogP contribution in [0.3, 0.4) is 0 Å². The van der Waals surface area contributed by atoms with E-state index in [1.807, 2.05) is 64.0 Å². The fraction of sp³-hybridized carbons (Fsp3) is 0.407. The van der Waals surface area contributed by atoms with Crippen LogP contribution in [0.2, 0.25) is 0 Å². The predicted molar refractivity (Wildman–Crippen MR) is 132 cm³/mol. The molecule has 1 amide bonds. The van der Waals surface area contributed by atoms with E-state index >= 15 is 0 Å². The van der Waals surface area contributed by atoms with Crippen LogP contribution in [0.4, 0.5) is 0 Å². The van der Waals surface area contributed by atoms with Crippen LogP contribution < -0.4 is 9.47 Å². The van der Waals surface area contributed by atoms with E-state index in [0.717, 1.165) is 23.3 Å². The molecule has 2 aromatic rings. The lowest BCUT2D eigenvalue weighted by atomic mass is 9.94. The molecule has 7 heteroatoms. The molecular weight excluding hydrogens is 432 g/mol. The zero-order valence-electron chi connectivity index (χ0n) is 20.6. The van der Waals surface area contributed by atoms with Crippen molar-refractivity contribution >= 4 is 17.4 Å².